The zero-order chi connectivity index (χ0) is 15.2. The molecule has 5 nitrogen and oxygen atoms in total. The van der Waals surface area contributed by atoms with Crippen molar-refractivity contribution >= 4 is 15.7 Å². The van der Waals surface area contributed by atoms with E-state index >= 15 is 0 Å². The van der Waals surface area contributed by atoms with E-state index in [1.165, 1.54) is 11.9 Å². The van der Waals surface area contributed by atoms with Crippen molar-refractivity contribution in [3.05, 3.63) is 35.4 Å². The number of hydrogen-bond acceptors (Lipinski definition) is 4. The third-order valence-electron chi connectivity index (χ3n) is 2.80. The fraction of sp³-hybridized carbons (Fsp3) is 0.429. The number of amides is 1. The summed E-state index contributed by atoms with van der Waals surface area (Å²) in [5.74, 6) is -1.15. The van der Waals surface area contributed by atoms with Crippen molar-refractivity contribution in [2.45, 2.75) is 19.1 Å². The molecule has 0 aromatic heterocycles. The van der Waals surface area contributed by atoms with E-state index in [0.29, 0.717) is 5.56 Å². The van der Waals surface area contributed by atoms with Crippen LogP contribution in [0.4, 0.5) is 0 Å². The zero-order valence-electron chi connectivity index (χ0n) is 11.7. The molecular formula is C14H18N2O3S. The van der Waals surface area contributed by atoms with Crippen LogP contribution in [0.1, 0.15) is 17.5 Å². The lowest BCUT2D eigenvalue weighted by Crippen LogP contribution is -2.33. The Kier molecular flexibility index (Phi) is 5.71. The van der Waals surface area contributed by atoms with Crippen LogP contribution in [-0.2, 0) is 20.4 Å². The van der Waals surface area contributed by atoms with Crippen LogP contribution in [0, 0.1) is 18.3 Å². The molecule has 1 aromatic rings. The fourth-order valence-electron chi connectivity index (χ4n) is 1.75. The van der Waals surface area contributed by atoms with Gasteiger partial charge in [-0.05, 0) is 12.5 Å². The third-order valence-corrected chi connectivity index (χ3v) is 4.26. The minimum atomic E-state index is -3.49. The molecule has 108 valence electrons. The Hall–Kier alpha value is -1.87. The number of hydrogen-bond donors (Lipinski definition) is 0. The molecule has 0 bridgehead atoms. The molecule has 0 aliphatic heterocycles. The Morgan fingerprint density at radius 1 is 1.40 bits per heavy atom. The van der Waals surface area contributed by atoms with Gasteiger partial charge in [0.1, 0.15) is 5.75 Å². The molecule has 0 saturated heterocycles. The molecule has 1 aromatic carbocycles. The van der Waals surface area contributed by atoms with Gasteiger partial charge in [-0.3, -0.25) is 4.79 Å². The van der Waals surface area contributed by atoms with Crippen LogP contribution in [0.5, 0.6) is 0 Å². The summed E-state index contributed by atoms with van der Waals surface area (Å²) in [6, 6.07) is 9.12. The Bertz CT molecular complexity index is 618. The standard InChI is InChI=1S/C14H18N2O3S/c1-12-5-3-6-13(9-12)10-20(18,19)11-14(17)16(2)8-4-7-15/h3,5-6,9H,4,8,10-11H2,1-2H3. The Labute approximate surface area is 119 Å². The van der Waals surface area contributed by atoms with Crippen LogP contribution >= 0.6 is 0 Å². The van der Waals surface area contributed by atoms with Gasteiger partial charge in [-0.25, -0.2) is 8.42 Å². The second-order valence-electron chi connectivity index (χ2n) is 4.74. The highest BCUT2D eigenvalue weighted by molar-refractivity contribution is 7.91. The van der Waals surface area contributed by atoms with Crippen LogP contribution < -0.4 is 0 Å². The number of benzene rings is 1. The fourth-order valence-corrected chi connectivity index (χ4v) is 3.13. The summed E-state index contributed by atoms with van der Waals surface area (Å²) in [4.78, 5) is 13.0. The van der Waals surface area contributed by atoms with E-state index < -0.39 is 21.5 Å². The maximum atomic E-state index is 12.0. The molecule has 0 unspecified atom stereocenters. The molecule has 6 heteroatoms. The lowest BCUT2D eigenvalue weighted by molar-refractivity contribution is -0.127. The number of carbonyl (C=O) groups is 1. The zero-order valence-corrected chi connectivity index (χ0v) is 12.5. The molecule has 0 radical (unpaired) electrons. The number of nitrogens with zero attached hydrogens (tertiary/aromatic N) is 2. The minimum Gasteiger partial charge on any atom is -0.344 e. The Balaban J connectivity index is 2.66. The number of rotatable bonds is 6. The molecule has 1 amide bonds. The average Bonchev–Trinajstić information content (AvgIpc) is 2.34. The van der Waals surface area contributed by atoms with Crippen molar-refractivity contribution in [1.82, 2.24) is 4.90 Å². The van der Waals surface area contributed by atoms with Crippen molar-refractivity contribution in [3.63, 3.8) is 0 Å². The lowest BCUT2D eigenvalue weighted by atomic mass is 10.2. The molecule has 0 spiro atoms. The third kappa shape index (κ3) is 5.41. The maximum absolute atomic E-state index is 12.0. The van der Waals surface area contributed by atoms with Crippen LogP contribution in [0.15, 0.2) is 24.3 Å². The Morgan fingerprint density at radius 2 is 2.10 bits per heavy atom. The van der Waals surface area contributed by atoms with Gasteiger partial charge in [0.2, 0.25) is 5.91 Å². The largest absolute Gasteiger partial charge is 0.344 e. The summed E-state index contributed by atoms with van der Waals surface area (Å²) in [5.41, 5.74) is 1.66. The Morgan fingerprint density at radius 3 is 2.70 bits per heavy atom. The SMILES string of the molecule is Cc1cccc(CS(=O)(=O)CC(=O)N(C)CCC#N)c1. The van der Waals surface area contributed by atoms with Gasteiger partial charge in [0.25, 0.3) is 0 Å². The van der Waals surface area contributed by atoms with E-state index in [9.17, 15) is 13.2 Å². The van der Waals surface area contributed by atoms with E-state index in [1.54, 1.807) is 18.2 Å². The summed E-state index contributed by atoms with van der Waals surface area (Å²) in [6.45, 7) is 2.13. The summed E-state index contributed by atoms with van der Waals surface area (Å²) >= 11 is 0. The van der Waals surface area contributed by atoms with Gasteiger partial charge in [-0.15, -0.1) is 0 Å². The van der Waals surface area contributed by atoms with Crippen LogP contribution in [-0.4, -0.2) is 38.6 Å². The van der Waals surface area contributed by atoms with Gasteiger partial charge in [0.15, 0.2) is 9.84 Å². The average molecular weight is 294 g/mol. The highest BCUT2D eigenvalue weighted by Gasteiger charge is 2.20. The normalized spacial score (nSPS) is 10.8. The highest BCUT2D eigenvalue weighted by atomic mass is 32.2. The van der Waals surface area contributed by atoms with Crippen molar-refractivity contribution in [3.8, 4) is 6.07 Å². The lowest BCUT2D eigenvalue weighted by Gasteiger charge is -2.15. The summed E-state index contributed by atoms with van der Waals surface area (Å²) < 4.78 is 24.0. The summed E-state index contributed by atoms with van der Waals surface area (Å²) in [6.07, 6.45) is 0.195. The second-order valence-corrected chi connectivity index (χ2v) is 6.81. The number of aryl methyl sites for hydroxylation is 1. The maximum Gasteiger partial charge on any atom is 0.237 e. The van der Waals surface area contributed by atoms with Crippen molar-refractivity contribution < 1.29 is 13.2 Å². The first-order valence-electron chi connectivity index (χ1n) is 6.21. The topological polar surface area (TPSA) is 78.2 Å². The van der Waals surface area contributed by atoms with E-state index in [-0.39, 0.29) is 18.7 Å². The predicted octanol–water partition coefficient (Wildman–Crippen LogP) is 1.28. The molecule has 20 heavy (non-hydrogen) atoms. The molecule has 0 atom stereocenters. The molecule has 0 fully saturated rings. The van der Waals surface area contributed by atoms with Gasteiger partial charge in [0.05, 0.1) is 18.2 Å². The molecular weight excluding hydrogens is 276 g/mol. The van der Waals surface area contributed by atoms with Gasteiger partial charge in [-0.1, -0.05) is 29.8 Å². The first kappa shape index (κ1) is 16.2. The monoisotopic (exact) mass is 294 g/mol. The van der Waals surface area contributed by atoms with Crippen molar-refractivity contribution in [1.29, 1.82) is 5.26 Å². The number of nitriles is 1. The molecule has 1 rings (SSSR count). The molecule has 0 heterocycles. The van der Waals surface area contributed by atoms with Crippen LogP contribution in [0.3, 0.4) is 0 Å². The van der Waals surface area contributed by atoms with Gasteiger partial charge >= 0.3 is 0 Å². The second kappa shape index (κ2) is 7.06. The predicted molar refractivity (Wildman–Crippen MR) is 76.5 cm³/mol. The molecule has 0 saturated carbocycles. The summed E-state index contributed by atoms with van der Waals surface area (Å²) in [7, 11) is -1.99. The summed E-state index contributed by atoms with van der Waals surface area (Å²) in [5, 5.41) is 8.44. The number of sulfone groups is 1. The minimum absolute atomic E-state index is 0.146. The molecule has 0 aliphatic carbocycles. The first-order chi connectivity index (χ1) is 9.34. The van der Waals surface area contributed by atoms with Crippen molar-refractivity contribution in [2.75, 3.05) is 19.3 Å². The van der Waals surface area contributed by atoms with E-state index in [2.05, 4.69) is 0 Å². The van der Waals surface area contributed by atoms with Crippen molar-refractivity contribution in [2.24, 2.45) is 0 Å². The quantitative estimate of drug-likeness (QED) is 0.792. The van der Waals surface area contributed by atoms with E-state index in [0.717, 1.165) is 5.56 Å². The van der Waals surface area contributed by atoms with Crippen LogP contribution in [0.2, 0.25) is 0 Å². The van der Waals surface area contributed by atoms with Gasteiger partial charge in [-0.2, -0.15) is 5.26 Å². The molecule has 0 N–H and O–H groups in total. The highest BCUT2D eigenvalue weighted by Crippen LogP contribution is 2.09. The smallest absolute Gasteiger partial charge is 0.237 e. The van der Waals surface area contributed by atoms with E-state index in [1.807, 2.05) is 19.1 Å². The first-order valence-corrected chi connectivity index (χ1v) is 8.03. The number of carbonyl (C=O) groups excluding carboxylic acids is 1. The van der Waals surface area contributed by atoms with Crippen LogP contribution in [0.25, 0.3) is 0 Å². The van der Waals surface area contributed by atoms with Gasteiger partial charge < -0.3 is 4.90 Å². The molecule has 0 aliphatic rings. The van der Waals surface area contributed by atoms with E-state index in [4.69, 9.17) is 5.26 Å². The van der Waals surface area contributed by atoms with Gasteiger partial charge in [0, 0.05) is 13.6 Å².